The molecule has 1 aromatic rings. The molecule has 1 fully saturated rings. The minimum Gasteiger partial charge on any atom is -0.478 e. The summed E-state index contributed by atoms with van der Waals surface area (Å²) in [6.45, 7) is 4.47. The normalized spacial score (nSPS) is 15.8. The van der Waals surface area contributed by atoms with Gasteiger partial charge in [-0.3, -0.25) is 9.63 Å². The molecule has 0 atom stereocenters. The lowest BCUT2D eigenvalue weighted by Crippen LogP contribution is -2.47. The molecule has 1 aromatic carbocycles. The maximum Gasteiger partial charge on any atom is 0.289 e. The highest BCUT2D eigenvalue weighted by Gasteiger charge is 2.36. The van der Waals surface area contributed by atoms with Crippen LogP contribution in [0.5, 0.6) is 5.75 Å². The number of halogens is 1. The molecule has 1 aliphatic rings. The van der Waals surface area contributed by atoms with Crippen LogP contribution in [0.1, 0.15) is 20.3 Å². The molecule has 98 valence electrons. The van der Waals surface area contributed by atoms with Crippen LogP contribution in [0.4, 0.5) is 4.39 Å². The van der Waals surface area contributed by atoms with E-state index in [4.69, 9.17) is 9.57 Å². The van der Waals surface area contributed by atoms with Gasteiger partial charge in [0.25, 0.3) is 5.91 Å². The van der Waals surface area contributed by atoms with Gasteiger partial charge in [0.1, 0.15) is 11.6 Å². The lowest BCUT2D eigenvalue weighted by molar-refractivity contribution is -0.183. The standard InChI is InChI=1S/C13H16FNO3/c1-13(2,12(16)15-8-3-9-17-15)18-11-6-4-10(14)5-7-11/h4-7H,3,8-9H2,1-2H3. The van der Waals surface area contributed by atoms with Gasteiger partial charge in [0.2, 0.25) is 0 Å². The summed E-state index contributed by atoms with van der Waals surface area (Å²) in [6.07, 6.45) is 0.832. The minimum atomic E-state index is -1.04. The van der Waals surface area contributed by atoms with Crippen LogP contribution in [-0.4, -0.2) is 29.7 Å². The highest BCUT2D eigenvalue weighted by molar-refractivity contribution is 5.84. The number of amides is 1. The molecule has 0 aromatic heterocycles. The molecular weight excluding hydrogens is 237 g/mol. The largest absolute Gasteiger partial charge is 0.478 e. The van der Waals surface area contributed by atoms with Gasteiger partial charge in [0.05, 0.1) is 13.2 Å². The average molecular weight is 253 g/mol. The second-order valence-corrected chi connectivity index (χ2v) is 4.66. The molecule has 18 heavy (non-hydrogen) atoms. The molecule has 0 saturated carbocycles. The average Bonchev–Trinajstić information content (AvgIpc) is 2.84. The number of rotatable bonds is 3. The third-order valence-corrected chi connectivity index (χ3v) is 2.68. The summed E-state index contributed by atoms with van der Waals surface area (Å²) in [5, 5.41) is 1.32. The zero-order valence-electron chi connectivity index (χ0n) is 10.5. The van der Waals surface area contributed by atoms with Crippen LogP contribution < -0.4 is 4.74 Å². The maximum absolute atomic E-state index is 12.8. The first-order chi connectivity index (χ1) is 8.49. The molecule has 0 N–H and O–H groups in total. The fourth-order valence-electron chi connectivity index (χ4n) is 1.75. The van der Waals surface area contributed by atoms with Gasteiger partial charge in [0.15, 0.2) is 5.60 Å². The number of benzene rings is 1. The van der Waals surface area contributed by atoms with E-state index in [0.717, 1.165) is 6.42 Å². The Morgan fingerprint density at radius 2 is 2.06 bits per heavy atom. The number of nitrogens with zero attached hydrogens (tertiary/aromatic N) is 1. The molecule has 1 saturated heterocycles. The van der Waals surface area contributed by atoms with E-state index < -0.39 is 5.60 Å². The maximum atomic E-state index is 12.8. The van der Waals surface area contributed by atoms with Crippen molar-refractivity contribution in [3.05, 3.63) is 30.1 Å². The fraction of sp³-hybridized carbons (Fsp3) is 0.462. The Balaban J connectivity index is 2.05. The van der Waals surface area contributed by atoms with Crippen molar-refractivity contribution < 1.29 is 18.8 Å². The van der Waals surface area contributed by atoms with Gasteiger partial charge in [-0.1, -0.05) is 0 Å². The summed E-state index contributed by atoms with van der Waals surface area (Å²) >= 11 is 0. The molecule has 1 aliphatic heterocycles. The third kappa shape index (κ3) is 2.79. The topological polar surface area (TPSA) is 38.8 Å². The number of hydroxylamine groups is 2. The Kier molecular flexibility index (Phi) is 3.52. The predicted molar refractivity (Wildman–Crippen MR) is 63.4 cm³/mol. The molecule has 0 radical (unpaired) electrons. The molecule has 0 aliphatic carbocycles. The van der Waals surface area contributed by atoms with Crippen LogP contribution >= 0.6 is 0 Å². The van der Waals surface area contributed by atoms with Gasteiger partial charge < -0.3 is 4.74 Å². The van der Waals surface area contributed by atoms with Crippen molar-refractivity contribution in [2.75, 3.05) is 13.2 Å². The number of carbonyl (C=O) groups is 1. The summed E-state index contributed by atoms with van der Waals surface area (Å²) in [7, 11) is 0. The Labute approximate surface area is 105 Å². The van der Waals surface area contributed by atoms with E-state index >= 15 is 0 Å². The van der Waals surface area contributed by atoms with Crippen molar-refractivity contribution >= 4 is 5.91 Å². The van der Waals surface area contributed by atoms with Crippen LogP contribution in [-0.2, 0) is 9.63 Å². The van der Waals surface area contributed by atoms with Gasteiger partial charge in [-0.15, -0.1) is 0 Å². The van der Waals surface area contributed by atoms with E-state index in [1.54, 1.807) is 13.8 Å². The van der Waals surface area contributed by atoms with Gasteiger partial charge >= 0.3 is 0 Å². The number of carbonyl (C=O) groups excluding carboxylic acids is 1. The molecule has 1 amide bonds. The zero-order valence-corrected chi connectivity index (χ0v) is 10.5. The number of ether oxygens (including phenoxy) is 1. The smallest absolute Gasteiger partial charge is 0.289 e. The van der Waals surface area contributed by atoms with Gasteiger partial charge in [-0.25, -0.2) is 9.45 Å². The van der Waals surface area contributed by atoms with Crippen LogP contribution in [0.25, 0.3) is 0 Å². The first kappa shape index (κ1) is 12.8. The Morgan fingerprint density at radius 3 is 2.61 bits per heavy atom. The van der Waals surface area contributed by atoms with Crippen molar-refractivity contribution in [2.24, 2.45) is 0 Å². The Bertz CT molecular complexity index is 424. The van der Waals surface area contributed by atoms with E-state index in [2.05, 4.69) is 0 Å². The zero-order chi connectivity index (χ0) is 13.2. The second kappa shape index (κ2) is 4.94. The summed E-state index contributed by atoms with van der Waals surface area (Å²) in [5.41, 5.74) is -1.04. The van der Waals surface area contributed by atoms with E-state index in [-0.39, 0.29) is 11.7 Å². The van der Waals surface area contributed by atoms with E-state index in [1.165, 1.54) is 29.3 Å². The Hall–Kier alpha value is -1.62. The molecule has 1 heterocycles. The molecule has 0 bridgehead atoms. The molecular formula is C13H16FNO3. The first-order valence-corrected chi connectivity index (χ1v) is 5.88. The Morgan fingerprint density at radius 1 is 1.39 bits per heavy atom. The SMILES string of the molecule is CC(C)(Oc1ccc(F)cc1)C(=O)N1CCCO1. The molecule has 5 heteroatoms. The van der Waals surface area contributed by atoms with Crippen molar-refractivity contribution in [1.82, 2.24) is 5.06 Å². The van der Waals surface area contributed by atoms with Crippen molar-refractivity contribution in [2.45, 2.75) is 25.9 Å². The van der Waals surface area contributed by atoms with Crippen molar-refractivity contribution in [1.29, 1.82) is 0 Å². The van der Waals surface area contributed by atoms with E-state index in [0.29, 0.717) is 18.9 Å². The molecule has 0 unspecified atom stereocenters. The first-order valence-electron chi connectivity index (χ1n) is 5.88. The summed E-state index contributed by atoms with van der Waals surface area (Å²) in [4.78, 5) is 17.3. The lowest BCUT2D eigenvalue weighted by Gasteiger charge is -2.28. The minimum absolute atomic E-state index is 0.232. The molecule has 2 rings (SSSR count). The predicted octanol–water partition coefficient (Wildman–Crippen LogP) is 2.15. The van der Waals surface area contributed by atoms with Crippen LogP contribution in [0.3, 0.4) is 0 Å². The number of hydrogen-bond donors (Lipinski definition) is 0. The molecule has 0 spiro atoms. The van der Waals surface area contributed by atoms with E-state index in [9.17, 15) is 9.18 Å². The van der Waals surface area contributed by atoms with Gasteiger partial charge in [-0.05, 0) is 44.5 Å². The third-order valence-electron chi connectivity index (χ3n) is 2.68. The van der Waals surface area contributed by atoms with E-state index in [1.807, 2.05) is 0 Å². The highest BCUT2D eigenvalue weighted by Crippen LogP contribution is 2.22. The van der Waals surface area contributed by atoms with Gasteiger partial charge in [-0.2, -0.15) is 0 Å². The highest BCUT2D eigenvalue weighted by atomic mass is 19.1. The lowest BCUT2D eigenvalue weighted by atomic mass is 10.1. The number of hydrogen-bond acceptors (Lipinski definition) is 3. The second-order valence-electron chi connectivity index (χ2n) is 4.66. The van der Waals surface area contributed by atoms with Crippen LogP contribution in [0.15, 0.2) is 24.3 Å². The van der Waals surface area contributed by atoms with Crippen LogP contribution in [0.2, 0.25) is 0 Å². The summed E-state index contributed by atoms with van der Waals surface area (Å²) in [6, 6.07) is 5.58. The van der Waals surface area contributed by atoms with Crippen molar-refractivity contribution in [3.63, 3.8) is 0 Å². The van der Waals surface area contributed by atoms with Crippen molar-refractivity contribution in [3.8, 4) is 5.75 Å². The summed E-state index contributed by atoms with van der Waals surface area (Å²) in [5.74, 6) is -0.118. The summed E-state index contributed by atoms with van der Waals surface area (Å²) < 4.78 is 18.4. The van der Waals surface area contributed by atoms with Gasteiger partial charge in [0, 0.05) is 0 Å². The fourth-order valence-corrected chi connectivity index (χ4v) is 1.75. The quantitative estimate of drug-likeness (QED) is 0.828. The molecule has 4 nitrogen and oxygen atoms in total. The monoisotopic (exact) mass is 253 g/mol. The van der Waals surface area contributed by atoms with Crippen LogP contribution in [0, 0.1) is 5.82 Å².